The molecule has 0 aromatic heterocycles. The van der Waals surface area contributed by atoms with Crippen LogP contribution in [0.4, 0.5) is 0 Å². The van der Waals surface area contributed by atoms with Crippen LogP contribution in [-0.2, 0) is 0 Å². The van der Waals surface area contributed by atoms with E-state index in [9.17, 15) is 0 Å². The van der Waals surface area contributed by atoms with Crippen LogP contribution in [0.1, 0.15) is 39.5 Å². The average Bonchev–Trinajstić information content (AvgIpc) is 2.29. The fourth-order valence-electron chi connectivity index (χ4n) is 2.46. The van der Waals surface area contributed by atoms with Crippen molar-refractivity contribution in [3.63, 3.8) is 0 Å². The fourth-order valence-corrected chi connectivity index (χ4v) is 3.25. The molecule has 1 fully saturated rings. The summed E-state index contributed by atoms with van der Waals surface area (Å²) in [7, 11) is 0. The fraction of sp³-hybridized carbons (Fsp3) is 1.00. The first-order chi connectivity index (χ1) is 7.75. The Balaban J connectivity index is 2.03. The van der Waals surface area contributed by atoms with Crippen LogP contribution in [0.2, 0.25) is 0 Å². The minimum Gasteiger partial charge on any atom is -0.396 e. The van der Waals surface area contributed by atoms with E-state index in [4.69, 9.17) is 5.11 Å². The van der Waals surface area contributed by atoms with Crippen LogP contribution in [0.25, 0.3) is 0 Å². The highest BCUT2D eigenvalue weighted by Gasteiger charge is 2.26. The van der Waals surface area contributed by atoms with Gasteiger partial charge >= 0.3 is 0 Å². The summed E-state index contributed by atoms with van der Waals surface area (Å²) in [5.74, 6) is 3.98. The third-order valence-corrected chi connectivity index (χ3v) is 4.88. The van der Waals surface area contributed by atoms with Gasteiger partial charge in [-0.25, -0.2) is 0 Å². The predicted molar refractivity (Wildman–Crippen MR) is 73.0 cm³/mol. The van der Waals surface area contributed by atoms with Gasteiger partial charge < -0.3 is 10.4 Å². The summed E-state index contributed by atoms with van der Waals surface area (Å²) in [5.41, 5.74) is 0. The quantitative estimate of drug-likeness (QED) is 0.676. The van der Waals surface area contributed by atoms with Crippen LogP contribution in [0, 0.1) is 11.8 Å². The Kier molecular flexibility index (Phi) is 7.50. The van der Waals surface area contributed by atoms with Gasteiger partial charge in [-0.05, 0) is 30.4 Å². The Bertz CT molecular complexity index is 177. The summed E-state index contributed by atoms with van der Waals surface area (Å²) in [6.07, 6.45) is 5.08. The zero-order valence-electron chi connectivity index (χ0n) is 10.7. The van der Waals surface area contributed by atoms with Crippen molar-refractivity contribution in [2.75, 3.05) is 24.7 Å². The molecule has 0 aromatic rings. The van der Waals surface area contributed by atoms with Crippen LogP contribution in [0.3, 0.4) is 0 Å². The lowest BCUT2D eigenvalue weighted by molar-refractivity contribution is 0.210. The molecule has 0 bridgehead atoms. The molecule has 0 saturated heterocycles. The highest BCUT2D eigenvalue weighted by atomic mass is 32.2. The van der Waals surface area contributed by atoms with E-state index in [0.717, 1.165) is 36.6 Å². The number of aliphatic hydroxyl groups excluding tert-OH is 1. The van der Waals surface area contributed by atoms with Crippen molar-refractivity contribution >= 4 is 11.8 Å². The normalized spacial score (nSPS) is 30.6. The Morgan fingerprint density at radius 2 is 2.06 bits per heavy atom. The van der Waals surface area contributed by atoms with Gasteiger partial charge in [0.15, 0.2) is 0 Å². The molecule has 2 nitrogen and oxygen atoms in total. The molecule has 2 N–H and O–H groups in total. The SMILES string of the molecule is CC1CCCC(NCCSCCCO)C1C. The minimum atomic E-state index is 0.331. The van der Waals surface area contributed by atoms with Gasteiger partial charge in [0, 0.05) is 24.9 Å². The van der Waals surface area contributed by atoms with E-state index in [1.54, 1.807) is 0 Å². The highest BCUT2D eigenvalue weighted by molar-refractivity contribution is 7.99. The van der Waals surface area contributed by atoms with Crippen molar-refractivity contribution in [1.82, 2.24) is 5.32 Å². The number of hydrogen-bond acceptors (Lipinski definition) is 3. The van der Waals surface area contributed by atoms with E-state index < -0.39 is 0 Å². The topological polar surface area (TPSA) is 32.3 Å². The van der Waals surface area contributed by atoms with Crippen molar-refractivity contribution < 1.29 is 5.11 Å². The van der Waals surface area contributed by atoms with Crippen molar-refractivity contribution in [2.24, 2.45) is 11.8 Å². The second-order valence-corrected chi connectivity index (χ2v) is 6.24. The summed E-state index contributed by atoms with van der Waals surface area (Å²) < 4.78 is 0. The van der Waals surface area contributed by atoms with E-state index >= 15 is 0 Å². The molecule has 1 saturated carbocycles. The number of nitrogens with one attached hydrogen (secondary N) is 1. The Hall–Kier alpha value is 0.270. The Morgan fingerprint density at radius 1 is 1.25 bits per heavy atom. The molecule has 0 aromatic carbocycles. The molecule has 0 aliphatic heterocycles. The third-order valence-electron chi connectivity index (χ3n) is 3.81. The highest BCUT2D eigenvalue weighted by Crippen LogP contribution is 2.29. The molecule has 1 aliphatic rings. The van der Waals surface area contributed by atoms with Gasteiger partial charge in [0.1, 0.15) is 0 Å². The molecule has 0 spiro atoms. The first kappa shape index (κ1) is 14.3. The van der Waals surface area contributed by atoms with Crippen LogP contribution < -0.4 is 5.32 Å². The van der Waals surface area contributed by atoms with Crippen LogP contribution in [0.15, 0.2) is 0 Å². The standard InChI is InChI=1S/C13H27NOS/c1-11-5-3-6-13(12(11)2)14-7-10-16-9-4-8-15/h11-15H,3-10H2,1-2H3. The van der Waals surface area contributed by atoms with E-state index in [-0.39, 0.29) is 0 Å². The van der Waals surface area contributed by atoms with E-state index in [1.807, 2.05) is 11.8 Å². The molecular formula is C13H27NOS. The molecule has 0 heterocycles. The van der Waals surface area contributed by atoms with E-state index in [2.05, 4.69) is 19.2 Å². The maximum absolute atomic E-state index is 8.66. The molecular weight excluding hydrogens is 218 g/mol. The van der Waals surface area contributed by atoms with Crippen LogP contribution in [0.5, 0.6) is 0 Å². The summed E-state index contributed by atoms with van der Waals surface area (Å²) >= 11 is 1.95. The molecule has 1 aliphatic carbocycles. The van der Waals surface area contributed by atoms with Crippen molar-refractivity contribution in [3.8, 4) is 0 Å². The van der Waals surface area contributed by atoms with Gasteiger partial charge in [0.2, 0.25) is 0 Å². The maximum Gasteiger partial charge on any atom is 0.0438 e. The van der Waals surface area contributed by atoms with Gasteiger partial charge in [-0.3, -0.25) is 0 Å². The lowest BCUT2D eigenvalue weighted by atomic mass is 9.78. The molecule has 3 heteroatoms. The average molecular weight is 245 g/mol. The first-order valence-corrected chi connectivity index (χ1v) is 7.83. The lowest BCUT2D eigenvalue weighted by Crippen LogP contribution is -2.41. The predicted octanol–water partition coefficient (Wildman–Crippen LogP) is 2.52. The third kappa shape index (κ3) is 5.07. The molecule has 3 atom stereocenters. The largest absolute Gasteiger partial charge is 0.396 e. The van der Waals surface area contributed by atoms with Gasteiger partial charge in [-0.1, -0.05) is 26.7 Å². The maximum atomic E-state index is 8.66. The lowest BCUT2D eigenvalue weighted by Gasteiger charge is -2.34. The van der Waals surface area contributed by atoms with Gasteiger partial charge in [-0.2, -0.15) is 11.8 Å². The molecule has 0 amide bonds. The number of aliphatic hydroxyl groups is 1. The van der Waals surface area contributed by atoms with Crippen LogP contribution in [-0.4, -0.2) is 35.8 Å². The second kappa shape index (κ2) is 8.37. The molecule has 0 radical (unpaired) electrons. The first-order valence-electron chi connectivity index (χ1n) is 6.67. The van der Waals surface area contributed by atoms with E-state index in [0.29, 0.717) is 6.61 Å². The minimum absolute atomic E-state index is 0.331. The molecule has 3 unspecified atom stereocenters. The zero-order valence-corrected chi connectivity index (χ0v) is 11.6. The van der Waals surface area contributed by atoms with Crippen LogP contribution >= 0.6 is 11.8 Å². The number of thioether (sulfide) groups is 1. The second-order valence-electron chi connectivity index (χ2n) is 5.02. The smallest absolute Gasteiger partial charge is 0.0438 e. The van der Waals surface area contributed by atoms with Gasteiger partial charge in [0.05, 0.1) is 0 Å². The summed E-state index contributed by atoms with van der Waals surface area (Å²) in [6, 6.07) is 0.738. The Labute approximate surface area is 105 Å². The van der Waals surface area contributed by atoms with E-state index in [1.165, 1.54) is 25.0 Å². The van der Waals surface area contributed by atoms with Crippen molar-refractivity contribution in [1.29, 1.82) is 0 Å². The summed E-state index contributed by atoms with van der Waals surface area (Å²) in [4.78, 5) is 0. The molecule has 96 valence electrons. The van der Waals surface area contributed by atoms with Crippen molar-refractivity contribution in [3.05, 3.63) is 0 Å². The number of hydrogen-bond donors (Lipinski definition) is 2. The van der Waals surface area contributed by atoms with Gasteiger partial charge in [0.25, 0.3) is 0 Å². The number of rotatable bonds is 7. The summed E-state index contributed by atoms with van der Waals surface area (Å²) in [6.45, 7) is 6.23. The van der Waals surface area contributed by atoms with Gasteiger partial charge in [-0.15, -0.1) is 0 Å². The molecule has 1 rings (SSSR count). The zero-order chi connectivity index (χ0) is 11.8. The molecule has 16 heavy (non-hydrogen) atoms. The van der Waals surface area contributed by atoms with Crippen molar-refractivity contribution in [2.45, 2.75) is 45.6 Å². The Morgan fingerprint density at radius 3 is 2.81 bits per heavy atom. The monoisotopic (exact) mass is 245 g/mol. The summed E-state index contributed by atoms with van der Waals surface area (Å²) in [5, 5.41) is 12.4.